The number of hydrogen-bond donors (Lipinski definition) is 0. The molecule has 0 bridgehead atoms. The molecule has 0 atom stereocenters. The SMILES string of the molecule is CC(C)(C)c1ccccc1N=Cc1nsc(C=Nc2ccccc2C(C)(C)C)n1.[Cl][Fe][Cl]. The van der Waals surface area contributed by atoms with E-state index in [1.807, 2.05) is 30.3 Å². The summed E-state index contributed by atoms with van der Waals surface area (Å²) in [6.07, 6.45) is 3.50. The van der Waals surface area contributed by atoms with Gasteiger partial charge >= 0.3 is 33.3 Å². The van der Waals surface area contributed by atoms with E-state index in [0.717, 1.165) is 16.4 Å². The Balaban J connectivity index is 0.00000114. The molecule has 0 unspecified atom stereocenters. The molecule has 0 fully saturated rings. The van der Waals surface area contributed by atoms with Gasteiger partial charge in [-0.3, -0.25) is 9.98 Å². The molecule has 0 amide bonds. The predicted octanol–water partition coefficient (Wildman–Crippen LogP) is 8.01. The number of para-hydroxylation sites is 2. The summed E-state index contributed by atoms with van der Waals surface area (Å²) in [4.78, 5) is 13.8. The van der Waals surface area contributed by atoms with E-state index in [1.165, 1.54) is 22.7 Å². The number of rotatable bonds is 4. The van der Waals surface area contributed by atoms with Crippen molar-refractivity contribution in [1.29, 1.82) is 0 Å². The van der Waals surface area contributed by atoms with Gasteiger partial charge in [0.2, 0.25) is 0 Å². The van der Waals surface area contributed by atoms with E-state index in [4.69, 9.17) is 20.2 Å². The molecule has 0 aliphatic carbocycles. The number of halogens is 2. The van der Waals surface area contributed by atoms with E-state index < -0.39 is 0 Å². The average Bonchev–Trinajstić information content (AvgIpc) is 3.18. The topological polar surface area (TPSA) is 50.5 Å². The van der Waals surface area contributed by atoms with Crippen molar-refractivity contribution in [1.82, 2.24) is 9.36 Å². The van der Waals surface area contributed by atoms with E-state index in [1.54, 1.807) is 12.4 Å². The van der Waals surface area contributed by atoms with Gasteiger partial charge in [0, 0.05) is 0 Å². The molecule has 0 saturated heterocycles. The van der Waals surface area contributed by atoms with Crippen LogP contribution in [0, 0.1) is 0 Å². The van der Waals surface area contributed by atoms with E-state index >= 15 is 0 Å². The molecular weight excluding hydrogens is 503 g/mol. The third kappa shape index (κ3) is 8.09. The van der Waals surface area contributed by atoms with E-state index in [-0.39, 0.29) is 24.0 Å². The zero-order chi connectivity index (χ0) is 23.8. The van der Waals surface area contributed by atoms with Crippen molar-refractivity contribution >= 4 is 55.5 Å². The zero-order valence-corrected chi connectivity index (χ0v) is 22.5. The fourth-order valence-corrected chi connectivity index (χ4v) is 3.55. The standard InChI is InChI=1S/C24H28N4S.2ClH.Fe/c1-23(2,3)17-11-7-9-13-19(17)25-15-21-27-22(29-28-21)16-26-20-14-10-8-12-18(20)24(4,5)6;;;/h7-16H,1-6H3;2*1H;/q;;;+2/p-2. The third-order valence-electron chi connectivity index (χ3n) is 4.51. The normalized spacial score (nSPS) is 12.4. The van der Waals surface area contributed by atoms with Gasteiger partial charge < -0.3 is 0 Å². The summed E-state index contributed by atoms with van der Waals surface area (Å²) in [5, 5.41) is 0.763. The van der Waals surface area contributed by atoms with Gasteiger partial charge in [-0.15, -0.1) is 0 Å². The first-order valence-electron chi connectivity index (χ1n) is 10.0. The fourth-order valence-electron chi connectivity index (χ4n) is 3.05. The monoisotopic (exact) mass is 530 g/mol. The summed E-state index contributed by atoms with van der Waals surface area (Å²) in [5.41, 5.74) is 4.39. The molecule has 1 heterocycles. The minimum absolute atomic E-state index is 0.0295. The Kier molecular flexibility index (Phi) is 10.1. The molecule has 0 spiro atoms. The number of aromatic nitrogens is 2. The first kappa shape index (κ1) is 26.7. The minimum atomic E-state index is 0.0295. The van der Waals surface area contributed by atoms with Crippen LogP contribution >= 0.6 is 31.7 Å². The second-order valence-electron chi connectivity index (χ2n) is 9.09. The molecule has 0 N–H and O–H groups in total. The van der Waals surface area contributed by atoms with Crippen LogP contribution in [-0.2, 0) is 24.0 Å². The Labute approximate surface area is 210 Å². The molecular formula is C24H28Cl2FeN4S. The van der Waals surface area contributed by atoms with Gasteiger partial charge in [0.25, 0.3) is 0 Å². The number of aliphatic imine (C=N–C) groups is 2. The Morgan fingerprint density at radius 3 is 1.69 bits per heavy atom. The molecule has 32 heavy (non-hydrogen) atoms. The van der Waals surface area contributed by atoms with Gasteiger partial charge in [0.15, 0.2) is 10.8 Å². The molecule has 0 saturated carbocycles. The first-order chi connectivity index (χ1) is 15.1. The van der Waals surface area contributed by atoms with Gasteiger partial charge in [-0.05, 0) is 45.6 Å². The molecule has 1 aromatic heterocycles. The first-order valence-corrected chi connectivity index (χ1v) is 13.8. The molecule has 172 valence electrons. The Bertz CT molecular complexity index is 984. The van der Waals surface area contributed by atoms with Gasteiger partial charge in [0.05, 0.1) is 23.8 Å². The number of nitrogens with zero attached hydrogens (tertiary/aromatic N) is 4. The Morgan fingerprint density at radius 1 is 0.781 bits per heavy atom. The van der Waals surface area contributed by atoms with Crippen molar-refractivity contribution in [2.24, 2.45) is 9.98 Å². The molecule has 0 radical (unpaired) electrons. The van der Waals surface area contributed by atoms with Crippen LogP contribution in [0.1, 0.15) is 63.5 Å². The van der Waals surface area contributed by atoms with Crippen LogP contribution in [0.2, 0.25) is 0 Å². The van der Waals surface area contributed by atoms with Crippen molar-refractivity contribution in [2.45, 2.75) is 52.4 Å². The molecule has 4 nitrogen and oxygen atoms in total. The van der Waals surface area contributed by atoms with Crippen molar-refractivity contribution in [3.05, 3.63) is 70.5 Å². The quantitative estimate of drug-likeness (QED) is 0.253. The van der Waals surface area contributed by atoms with Crippen LogP contribution in [0.4, 0.5) is 11.4 Å². The molecule has 3 aromatic rings. The summed E-state index contributed by atoms with van der Waals surface area (Å²) >= 11 is 1.52. The summed E-state index contributed by atoms with van der Waals surface area (Å²) in [6.45, 7) is 13.1. The van der Waals surface area contributed by atoms with Crippen molar-refractivity contribution < 1.29 is 13.1 Å². The molecule has 8 heteroatoms. The summed E-state index contributed by atoms with van der Waals surface area (Å²) in [6, 6.07) is 16.4. The summed E-state index contributed by atoms with van der Waals surface area (Å²) < 4.78 is 4.40. The number of hydrogen-bond acceptors (Lipinski definition) is 5. The Hall–Kier alpha value is -1.56. The maximum absolute atomic E-state index is 4.76. The van der Waals surface area contributed by atoms with Crippen LogP contribution in [0.3, 0.4) is 0 Å². The molecule has 2 aromatic carbocycles. The van der Waals surface area contributed by atoms with E-state index in [0.29, 0.717) is 5.82 Å². The summed E-state index contributed by atoms with van der Waals surface area (Å²) in [7, 11) is 9.53. The van der Waals surface area contributed by atoms with Gasteiger partial charge in [-0.25, -0.2) is 4.98 Å². The van der Waals surface area contributed by atoms with Gasteiger partial charge in [-0.2, -0.15) is 4.37 Å². The maximum atomic E-state index is 4.76. The van der Waals surface area contributed by atoms with Crippen LogP contribution in [0.25, 0.3) is 0 Å². The molecule has 0 aliphatic heterocycles. The Morgan fingerprint density at radius 2 is 1.22 bits per heavy atom. The zero-order valence-electron chi connectivity index (χ0n) is 19.1. The fraction of sp³-hybridized carbons (Fsp3) is 0.333. The summed E-state index contributed by atoms with van der Waals surface area (Å²) in [5.74, 6) is 0.601. The second kappa shape index (κ2) is 12.1. The van der Waals surface area contributed by atoms with Gasteiger partial charge in [0.1, 0.15) is 0 Å². The number of benzene rings is 2. The average molecular weight is 531 g/mol. The van der Waals surface area contributed by atoms with Crippen LogP contribution in [0.15, 0.2) is 58.5 Å². The molecule has 0 aliphatic rings. The van der Waals surface area contributed by atoms with Crippen molar-refractivity contribution in [2.75, 3.05) is 0 Å². The van der Waals surface area contributed by atoms with E-state index in [9.17, 15) is 0 Å². The van der Waals surface area contributed by atoms with Crippen molar-refractivity contribution in [3.8, 4) is 0 Å². The van der Waals surface area contributed by atoms with E-state index in [2.05, 4.69) is 79.1 Å². The van der Waals surface area contributed by atoms with Crippen LogP contribution in [-0.4, -0.2) is 21.8 Å². The molecule has 3 rings (SSSR count). The van der Waals surface area contributed by atoms with Gasteiger partial charge in [-0.1, -0.05) is 77.9 Å². The van der Waals surface area contributed by atoms with Crippen LogP contribution in [0.5, 0.6) is 0 Å². The van der Waals surface area contributed by atoms with Crippen molar-refractivity contribution in [3.63, 3.8) is 0 Å². The second-order valence-corrected chi connectivity index (χ2v) is 11.7. The third-order valence-corrected chi connectivity index (χ3v) is 5.18. The predicted molar refractivity (Wildman–Crippen MR) is 136 cm³/mol. The van der Waals surface area contributed by atoms with Crippen LogP contribution < -0.4 is 0 Å².